The number of hydrogen-bond donors (Lipinski definition) is 2. The molecule has 0 aromatic heterocycles. The molecule has 210 valence electrons. The number of ether oxygens (including phenoxy) is 2. The molecule has 2 N–H and O–H groups in total. The summed E-state index contributed by atoms with van der Waals surface area (Å²) in [5.74, 6) is -1.31. The predicted octanol–water partition coefficient (Wildman–Crippen LogP) is 3.99. The van der Waals surface area contributed by atoms with Crippen molar-refractivity contribution in [1.82, 2.24) is 10.2 Å². The Morgan fingerprint density at radius 3 is 2.67 bits per heavy atom. The first-order chi connectivity index (χ1) is 19.3. The molecule has 0 radical (unpaired) electrons. The van der Waals surface area contributed by atoms with Crippen molar-refractivity contribution in [3.63, 3.8) is 0 Å². The van der Waals surface area contributed by atoms with Crippen molar-refractivity contribution >= 4 is 23.4 Å². The second-order valence-corrected chi connectivity index (χ2v) is 11.7. The molecule has 3 aliphatic heterocycles. The summed E-state index contributed by atoms with van der Waals surface area (Å²) in [6.45, 7) is 4.30. The Morgan fingerprint density at radius 1 is 1.10 bits per heavy atom. The summed E-state index contributed by atoms with van der Waals surface area (Å²) >= 11 is 0. The Morgan fingerprint density at radius 2 is 1.90 bits per heavy atom. The number of methoxy groups -OCH3 is 1. The quantitative estimate of drug-likeness (QED) is 0.515. The van der Waals surface area contributed by atoms with Gasteiger partial charge in [0.15, 0.2) is 0 Å². The van der Waals surface area contributed by atoms with Gasteiger partial charge in [0.05, 0.1) is 31.6 Å². The highest BCUT2D eigenvalue weighted by Crippen LogP contribution is 2.55. The van der Waals surface area contributed by atoms with Gasteiger partial charge in [0.2, 0.25) is 17.7 Å². The van der Waals surface area contributed by atoms with E-state index in [4.69, 9.17) is 9.47 Å². The molecule has 2 saturated heterocycles. The third-order valence-corrected chi connectivity index (χ3v) is 9.18. The maximum Gasteiger partial charge on any atom is 0.246 e. The summed E-state index contributed by atoms with van der Waals surface area (Å²) < 4.78 is 12.1. The van der Waals surface area contributed by atoms with Crippen LogP contribution in [0.25, 0.3) is 0 Å². The van der Waals surface area contributed by atoms with Crippen LogP contribution in [0.5, 0.6) is 5.75 Å². The number of rotatable bonds is 7. The molecule has 7 atom stereocenters. The van der Waals surface area contributed by atoms with Gasteiger partial charge in [-0.2, -0.15) is 0 Å². The molecule has 6 rings (SSSR count). The van der Waals surface area contributed by atoms with Crippen LogP contribution >= 0.6 is 0 Å². The Bertz CT molecular complexity index is 1360. The molecule has 2 bridgehead atoms. The first kappa shape index (κ1) is 26.6. The number of likely N-dealkylation sites (tertiary alicyclic amines) is 1. The fourth-order valence-electron chi connectivity index (χ4n) is 7.20. The number of nitrogens with zero attached hydrogens (tertiary/aromatic N) is 1. The van der Waals surface area contributed by atoms with Crippen LogP contribution in [0.1, 0.15) is 43.7 Å². The average molecular weight is 544 g/mol. The van der Waals surface area contributed by atoms with Gasteiger partial charge in [-0.1, -0.05) is 62.2 Å². The molecule has 3 fully saturated rings. The van der Waals surface area contributed by atoms with Crippen LogP contribution < -0.4 is 15.4 Å². The van der Waals surface area contributed by atoms with E-state index < -0.39 is 29.6 Å². The monoisotopic (exact) mass is 543 g/mol. The maximum atomic E-state index is 14.3. The minimum Gasteiger partial charge on any atom is -0.496 e. The fraction of sp³-hybridized carbons (Fsp3) is 0.469. The Labute approximate surface area is 235 Å². The van der Waals surface area contributed by atoms with E-state index in [0.29, 0.717) is 17.4 Å². The average Bonchev–Trinajstić information content (AvgIpc) is 3.58. The van der Waals surface area contributed by atoms with Crippen LogP contribution in [0.2, 0.25) is 0 Å². The summed E-state index contributed by atoms with van der Waals surface area (Å²) in [6, 6.07) is 14.2. The molecule has 1 spiro atoms. The molecule has 1 aliphatic carbocycles. The van der Waals surface area contributed by atoms with E-state index in [1.54, 1.807) is 12.0 Å². The Hall–Kier alpha value is -3.65. The van der Waals surface area contributed by atoms with Gasteiger partial charge in [-0.3, -0.25) is 14.4 Å². The van der Waals surface area contributed by atoms with Crippen LogP contribution in [0.3, 0.4) is 0 Å². The van der Waals surface area contributed by atoms with Crippen molar-refractivity contribution in [3.8, 4) is 5.75 Å². The highest BCUT2D eigenvalue weighted by Gasteiger charge is 2.72. The van der Waals surface area contributed by atoms with Crippen molar-refractivity contribution < 1.29 is 23.9 Å². The summed E-state index contributed by atoms with van der Waals surface area (Å²) in [5.41, 5.74) is 1.27. The molecule has 4 aliphatic rings. The molecule has 2 aromatic rings. The van der Waals surface area contributed by atoms with E-state index in [-0.39, 0.29) is 30.3 Å². The lowest BCUT2D eigenvalue weighted by atomic mass is 9.74. The summed E-state index contributed by atoms with van der Waals surface area (Å²) in [4.78, 5) is 43.7. The van der Waals surface area contributed by atoms with Crippen molar-refractivity contribution in [2.45, 2.75) is 69.9 Å². The van der Waals surface area contributed by atoms with E-state index in [0.717, 1.165) is 36.8 Å². The van der Waals surface area contributed by atoms with Crippen molar-refractivity contribution in [2.24, 2.45) is 17.8 Å². The minimum atomic E-state index is -1.21. The molecule has 3 heterocycles. The van der Waals surface area contributed by atoms with Gasteiger partial charge < -0.3 is 25.0 Å². The maximum absolute atomic E-state index is 14.3. The molecule has 7 unspecified atom stereocenters. The number of benzene rings is 2. The fourth-order valence-corrected chi connectivity index (χ4v) is 7.20. The zero-order valence-electron chi connectivity index (χ0n) is 23.3. The van der Waals surface area contributed by atoms with Crippen LogP contribution in [0.4, 0.5) is 5.69 Å². The third-order valence-electron chi connectivity index (χ3n) is 9.18. The molecule has 2 aromatic carbocycles. The van der Waals surface area contributed by atoms with Crippen molar-refractivity contribution in [2.75, 3.05) is 12.4 Å². The zero-order chi connectivity index (χ0) is 28.0. The topological polar surface area (TPSA) is 97.0 Å². The largest absolute Gasteiger partial charge is 0.496 e. The number of aryl methyl sites for hydroxylation is 1. The van der Waals surface area contributed by atoms with E-state index in [1.807, 2.05) is 67.6 Å². The van der Waals surface area contributed by atoms with Gasteiger partial charge in [-0.25, -0.2) is 0 Å². The summed E-state index contributed by atoms with van der Waals surface area (Å²) in [7, 11) is 1.59. The molecule has 8 heteroatoms. The Balaban J connectivity index is 1.35. The first-order valence-electron chi connectivity index (χ1n) is 14.3. The highest BCUT2D eigenvalue weighted by atomic mass is 16.5. The van der Waals surface area contributed by atoms with Crippen LogP contribution in [-0.4, -0.2) is 53.5 Å². The van der Waals surface area contributed by atoms with E-state index in [2.05, 4.69) is 17.6 Å². The van der Waals surface area contributed by atoms with Crippen molar-refractivity contribution in [3.05, 3.63) is 71.8 Å². The summed E-state index contributed by atoms with van der Waals surface area (Å²) in [5, 5.41) is 6.27. The van der Waals surface area contributed by atoms with Gasteiger partial charge in [-0.05, 0) is 49.4 Å². The van der Waals surface area contributed by atoms with Gasteiger partial charge in [0.1, 0.15) is 17.4 Å². The number of nitrogens with one attached hydrogen (secondary N) is 2. The van der Waals surface area contributed by atoms with E-state index >= 15 is 0 Å². The van der Waals surface area contributed by atoms with Gasteiger partial charge in [0, 0.05) is 17.3 Å². The number of amides is 3. The van der Waals surface area contributed by atoms with Gasteiger partial charge in [-0.15, -0.1) is 0 Å². The second-order valence-electron chi connectivity index (χ2n) is 11.7. The van der Waals surface area contributed by atoms with Crippen LogP contribution in [0.15, 0.2) is 60.7 Å². The zero-order valence-corrected chi connectivity index (χ0v) is 23.3. The number of fused-ring (bicyclic) bond motifs is 1. The first-order valence-corrected chi connectivity index (χ1v) is 14.3. The van der Waals surface area contributed by atoms with Crippen LogP contribution in [-0.2, 0) is 25.7 Å². The van der Waals surface area contributed by atoms with Crippen LogP contribution in [0, 0.1) is 24.7 Å². The lowest BCUT2D eigenvalue weighted by molar-refractivity contribution is -0.142. The molecular formula is C32H37N3O5. The molecule has 3 amide bonds. The molecular weight excluding hydrogens is 506 g/mol. The number of para-hydroxylation sites is 1. The lowest BCUT2D eigenvalue weighted by Gasteiger charge is -2.36. The Kier molecular flexibility index (Phi) is 6.90. The van der Waals surface area contributed by atoms with E-state index in [9.17, 15) is 14.4 Å². The van der Waals surface area contributed by atoms with Gasteiger partial charge in [0.25, 0.3) is 0 Å². The third kappa shape index (κ3) is 4.38. The SMILES string of the molecule is COc1ccccc1CN1C(=O)C2C(C(=O)Nc3cccc(C)c3)C3C=CC2(O3)C1C(=O)NC1CCCCC1C. The molecule has 8 nitrogen and oxygen atoms in total. The minimum absolute atomic E-state index is 0.0444. The second kappa shape index (κ2) is 10.4. The number of carbonyl (C=O) groups excluding carboxylic acids is 3. The standard InChI is InChI=1S/C32H37N3O5/c1-19-9-8-12-22(17-19)33-29(36)26-25-15-16-32(40-25)27(26)31(38)35(18-21-11-5-7-14-24(21)39-3)28(32)30(37)34-23-13-6-4-10-20(23)2/h5,7-9,11-12,14-17,20,23,25-28H,4,6,10,13,18H2,1-3H3,(H,33,36)(H,34,37). The van der Waals surface area contributed by atoms with Gasteiger partial charge >= 0.3 is 0 Å². The smallest absolute Gasteiger partial charge is 0.246 e. The number of hydrogen-bond acceptors (Lipinski definition) is 5. The molecule has 1 saturated carbocycles. The normalized spacial score (nSPS) is 32.2. The highest BCUT2D eigenvalue weighted by molar-refractivity contribution is 6.02. The lowest BCUT2D eigenvalue weighted by Crippen LogP contribution is -2.57. The van der Waals surface area contributed by atoms with E-state index in [1.165, 1.54) is 0 Å². The number of carbonyl (C=O) groups is 3. The number of anilines is 1. The van der Waals surface area contributed by atoms with Crippen molar-refractivity contribution in [1.29, 1.82) is 0 Å². The molecule has 40 heavy (non-hydrogen) atoms. The predicted molar refractivity (Wildman–Crippen MR) is 150 cm³/mol. The summed E-state index contributed by atoms with van der Waals surface area (Å²) in [6.07, 6.45) is 7.33.